The van der Waals surface area contributed by atoms with E-state index >= 15 is 0 Å². The standard InChI is InChI=1S/C21H26N2O.C14H20N2O/c1-2-21(24)23(19-12-7-4-8-13-19)20-14-9-15-22(17-20)16-18-10-5-3-6-11-18;1-2-14(17)16(12-7-4-3-5-8-12)13-9-6-10-15-11-13/h3-8,10-13,20H,2,9,14-17H2,1H3;3-5,7-8,13,15H,2,6,9-11H2,1H3. The number of anilines is 2. The number of hydrogen-bond acceptors (Lipinski definition) is 4. The van der Waals surface area contributed by atoms with Crippen molar-refractivity contribution in [3.63, 3.8) is 0 Å². The maximum atomic E-state index is 12.6. The lowest BCUT2D eigenvalue weighted by Crippen LogP contribution is -2.50. The number of nitrogens with zero attached hydrogens (tertiary/aromatic N) is 3. The van der Waals surface area contributed by atoms with E-state index in [0.717, 1.165) is 69.8 Å². The van der Waals surface area contributed by atoms with Crippen LogP contribution >= 0.6 is 0 Å². The molecule has 6 heteroatoms. The molecule has 2 atom stereocenters. The second-order valence-electron chi connectivity index (χ2n) is 10.9. The van der Waals surface area contributed by atoms with Crippen LogP contribution in [0, 0.1) is 0 Å². The van der Waals surface area contributed by atoms with E-state index < -0.39 is 0 Å². The molecule has 6 nitrogen and oxygen atoms in total. The minimum atomic E-state index is 0.213. The normalized spacial score (nSPS) is 19.0. The second-order valence-corrected chi connectivity index (χ2v) is 10.9. The fourth-order valence-corrected chi connectivity index (χ4v) is 5.92. The Morgan fingerprint density at radius 1 is 0.732 bits per heavy atom. The van der Waals surface area contributed by atoms with Crippen molar-refractivity contribution < 1.29 is 9.59 Å². The monoisotopic (exact) mass is 554 g/mol. The fourth-order valence-electron chi connectivity index (χ4n) is 5.92. The molecule has 0 bridgehead atoms. The number of carbonyl (C=O) groups excluding carboxylic acids is 2. The van der Waals surface area contributed by atoms with Gasteiger partial charge in [-0.05, 0) is 68.6 Å². The zero-order valence-electron chi connectivity index (χ0n) is 24.8. The number of piperidine rings is 2. The van der Waals surface area contributed by atoms with Crippen molar-refractivity contribution in [3.05, 3.63) is 96.6 Å². The summed E-state index contributed by atoms with van der Waals surface area (Å²) < 4.78 is 0. The molecule has 0 aromatic heterocycles. The third-order valence-electron chi connectivity index (χ3n) is 7.94. The van der Waals surface area contributed by atoms with Crippen LogP contribution in [0.5, 0.6) is 0 Å². The minimum Gasteiger partial charge on any atom is -0.315 e. The Labute approximate surface area is 246 Å². The molecular weight excluding hydrogens is 508 g/mol. The predicted octanol–water partition coefficient (Wildman–Crippen LogP) is 6.28. The molecule has 0 spiro atoms. The molecule has 5 rings (SSSR count). The van der Waals surface area contributed by atoms with Crippen molar-refractivity contribution >= 4 is 23.2 Å². The number of nitrogens with one attached hydrogen (secondary N) is 1. The summed E-state index contributed by atoms with van der Waals surface area (Å²) in [7, 11) is 0. The quantitative estimate of drug-likeness (QED) is 0.356. The molecule has 2 fully saturated rings. The van der Waals surface area contributed by atoms with Crippen LogP contribution in [0.3, 0.4) is 0 Å². The van der Waals surface area contributed by atoms with E-state index in [2.05, 4.69) is 40.5 Å². The zero-order valence-corrected chi connectivity index (χ0v) is 24.8. The first-order valence-electron chi connectivity index (χ1n) is 15.3. The van der Waals surface area contributed by atoms with Gasteiger partial charge in [-0.15, -0.1) is 0 Å². The molecule has 2 aliphatic heterocycles. The summed E-state index contributed by atoms with van der Waals surface area (Å²) in [6.07, 6.45) is 5.55. The lowest BCUT2D eigenvalue weighted by Gasteiger charge is -2.39. The van der Waals surface area contributed by atoms with Gasteiger partial charge in [0, 0.05) is 55.9 Å². The SMILES string of the molecule is CCC(=O)N(c1ccccc1)C1CCCN(Cc2ccccc2)C1.CCC(=O)N(c1ccccc1)C1CCCNC1. The molecule has 3 aromatic rings. The zero-order chi connectivity index (χ0) is 28.9. The molecule has 3 aromatic carbocycles. The predicted molar refractivity (Wildman–Crippen MR) is 169 cm³/mol. The summed E-state index contributed by atoms with van der Waals surface area (Å²) in [6, 6.07) is 31.3. The molecule has 41 heavy (non-hydrogen) atoms. The first-order valence-corrected chi connectivity index (χ1v) is 15.3. The molecule has 0 aliphatic carbocycles. The summed E-state index contributed by atoms with van der Waals surface area (Å²) in [5.74, 6) is 0.428. The van der Waals surface area contributed by atoms with Crippen molar-refractivity contribution in [2.24, 2.45) is 0 Å². The van der Waals surface area contributed by atoms with Gasteiger partial charge in [-0.1, -0.05) is 80.6 Å². The van der Waals surface area contributed by atoms with Gasteiger partial charge in [-0.2, -0.15) is 0 Å². The van der Waals surface area contributed by atoms with Crippen LogP contribution in [0.25, 0.3) is 0 Å². The van der Waals surface area contributed by atoms with E-state index in [9.17, 15) is 9.59 Å². The third-order valence-corrected chi connectivity index (χ3v) is 7.94. The second kappa shape index (κ2) is 16.1. The van der Waals surface area contributed by atoms with E-state index in [1.807, 2.05) is 84.3 Å². The van der Waals surface area contributed by atoms with Crippen molar-refractivity contribution in [1.29, 1.82) is 0 Å². The summed E-state index contributed by atoms with van der Waals surface area (Å²) in [6.45, 7) is 8.85. The van der Waals surface area contributed by atoms with Crippen molar-refractivity contribution in [2.45, 2.75) is 71.0 Å². The number of likely N-dealkylation sites (tertiary alicyclic amines) is 1. The molecule has 218 valence electrons. The van der Waals surface area contributed by atoms with Gasteiger partial charge in [0.2, 0.25) is 11.8 Å². The molecule has 0 saturated carbocycles. The Bertz CT molecular complexity index is 1180. The van der Waals surface area contributed by atoms with Crippen LogP contribution in [-0.4, -0.2) is 55.0 Å². The van der Waals surface area contributed by atoms with Crippen LogP contribution < -0.4 is 15.1 Å². The maximum absolute atomic E-state index is 12.6. The van der Waals surface area contributed by atoms with Gasteiger partial charge in [0.05, 0.1) is 0 Å². The van der Waals surface area contributed by atoms with Gasteiger partial charge in [-0.25, -0.2) is 0 Å². The summed E-state index contributed by atoms with van der Waals surface area (Å²) in [5, 5.41) is 3.37. The molecule has 2 amide bonds. The Kier molecular flexibility index (Phi) is 12.0. The Balaban J connectivity index is 0.000000201. The summed E-state index contributed by atoms with van der Waals surface area (Å²) in [5.41, 5.74) is 3.38. The molecule has 2 saturated heterocycles. The molecule has 2 unspecified atom stereocenters. The molecule has 2 aliphatic rings. The van der Waals surface area contributed by atoms with E-state index in [-0.39, 0.29) is 17.9 Å². The minimum absolute atomic E-state index is 0.213. The van der Waals surface area contributed by atoms with Crippen LogP contribution in [0.4, 0.5) is 11.4 Å². The Morgan fingerprint density at radius 3 is 1.76 bits per heavy atom. The average molecular weight is 555 g/mol. The van der Waals surface area contributed by atoms with Crippen molar-refractivity contribution in [2.75, 3.05) is 36.0 Å². The van der Waals surface area contributed by atoms with Crippen LogP contribution in [0.1, 0.15) is 57.9 Å². The summed E-state index contributed by atoms with van der Waals surface area (Å²) in [4.78, 5) is 31.2. The highest BCUT2D eigenvalue weighted by Crippen LogP contribution is 2.25. The lowest BCUT2D eigenvalue weighted by atomic mass is 10.0. The van der Waals surface area contributed by atoms with E-state index in [0.29, 0.717) is 18.9 Å². The smallest absolute Gasteiger partial charge is 0.227 e. The Hall–Kier alpha value is -3.48. The first-order chi connectivity index (χ1) is 20.1. The molecule has 1 N–H and O–H groups in total. The number of carbonyl (C=O) groups is 2. The largest absolute Gasteiger partial charge is 0.315 e. The number of para-hydroxylation sites is 2. The number of hydrogen-bond donors (Lipinski definition) is 1. The maximum Gasteiger partial charge on any atom is 0.227 e. The van der Waals surface area contributed by atoms with Gasteiger partial charge in [0.25, 0.3) is 0 Å². The van der Waals surface area contributed by atoms with Gasteiger partial charge in [-0.3, -0.25) is 14.5 Å². The van der Waals surface area contributed by atoms with Gasteiger partial charge >= 0.3 is 0 Å². The Morgan fingerprint density at radius 2 is 1.24 bits per heavy atom. The first kappa shape index (κ1) is 30.5. The summed E-state index contributed by atoms with van der Waals surface area (Å²) >= 11 is 0. The molecule has 2 heterocycles. The number of benzene rings is 3. The van der Waals surface area contributed by atoms with E-state index in [1.54, 1.807) is 0 Å². The highest BCUT2D eigenvalue weighted by atomic mass is 16.2. The van der Waals surface area contributed by atoms with Crippen LogP contribution in [-0.2, 0) is 16.1 Å². The van der Waals surface area contributed by atoms with E-state index in [1.165, 1.54) is 5.56 Å². The third kappa shape index (κ3) is 8.75. The number of rotatable bonds is 8. The van der Waals surface area contributed by atoms with Crippen LogP contribution in [0.15, 0.2) is 91.0 Å². The topological polar surface area (TPSA) is 55.9 Å². The van der Waals surface area contributed by atoms with E-state index in [4.69, 9.17) is 0 Å². The fraction of sp³-hybridized carbons (Fsp3) is 0.429. The molecule has 0 radical (unpaired) electrons. The van der Waals surface area contributed by atoms with Gasteiger partial charge in [0.15, 0.2) is 0 Å². The van der Waals surface area contributed by atoms with Gasteiger partial charge in [0.1, 0.15) is 0 Å². The highest BCUT2D eigenvalue weighted by Gasteiger charge is 2.29. The van der Waals surface area contributed by atoms with Crippen molar-refractivity contribution in [3.8, 4) is 0 Å². The van der Waals surface area contributed by atoms with Gasteiger partial charge < -0.3 is 15.1 Å². The van der Waals surface area contributed by atoms with Crippen molar-refractivity contribution in [1.82, 2.24) is 10.2 Å². The van der Waals surface area contributed by atoms with Crippen LogP contribution in [0.2, 0.25) is 0 Å². The lowest BCUT2D eigenvalue weighted by molar-refractivity contribution is -0.119. The number of amides is 2. The highest BCUT2D eigenvalue weighted by molar-refractivity contribution is 5.94. The molecular formula is C35H46N4O2. The average Bonchev–Trinajstić information content (AvgIpc) is 3.04.